The lowest BCUT2D eigenvalue weighted by molar-refractivity contribution is 0.272. The molecule has 1 atom stereocenters. The molecule has 1 aromatic carbocycles. The van der Waals surface area contributed by atoms with Gasteiger partial charge < -0.3 is 5.11 Å². The van der Waals surface area contributed by atoms with Crippen molar-refractivity contribution in [1.29, 1.82) is 0 Å². The molecule has 1 nitrogen and oxygen atoms in total. The average Bonchev–Trinajstić information content (AvgIpc) is 2.06. The van der Waals surface area contributed by atoms with E-state index >= 15 is 0 Å². The molecule has 1 unspecified atom stereocenters. The Hall–Kier alpha value is -0.470. The molecule has 66 valence electrons. The predicted molar refractivity (Wildman–Crippen MR) is 54.5 cm³/mol. The molecule has 0 radical (unpaired) electrons. The number of benzene rings is 1. The molecule has 0 saturated carbocycles. The van der Waals surface area contributed by atoms with E-state index in [2.05, 4.69) is 12.6 Å². The molecule has 0 spiro atoms. The largest absolute Gasteiger partial charge is 0.396 e. The SMILES string of the molecule is CC(S)(CCO)c1ccccc1. The number of hydrogen-bond acceptors (Lipinski definition) is 2. The fourth-order valence-electron chi connectivity index (χ4n) is 1.16. The molecule has 0 aromatic heterocycles. The summed E-state index contributed by atoms with van der Waals surface area (Å²) in [5.74, 6) is 0. The first-order chi connectivity index (χ1) is 5.67. The van der Waals surface area contributed by atoms with Gasteiger partial charge in [-0.05, 0) is 18.9 Å². The quantitative estimate of drug-likeness (QED) is 0.687. The first-order valence-electron chi connectivity index (χ1n) is 4.05. The van der Waals surface area contributed by atoms with Gasteiger partial charge in [-0.2, -0.15) is 12.6 Å². The van der Waals surface area contributed by atoms with Gasteiger partial charge in [0.1, 0.15) is 0 Å². The zero-order valence-corrected chi connectivity index (χ0v) is 8.09. The van der Waals surface area contributed by atoms with Crippen LogP contribution < -0.4 is 0 Å². The van der Waals surface area contributed by atoms with Crippen LogP contribution in [0.2, 0.25) is 0 Å². The Morgan fingerprint density at radius 3 is 2.42 bits per heavy atom. The van der Waals surface area contributed by atoms with Gasteiger partial charge in [0.25, 0.3) is 0 Å². The van der Waals surface area contributed by atoms with Crippen molar-refractivity contribution in [2.45, 2.75) is 18.1 Å². The molecule has 0 aliphatic carbocycles. The van der Waals surface area contributed by atoms with Crippen LogP contribution in [0.5, 0.6) is 0 Å². The van der Waals surface area contributed by atoms with E-state index < -0.39 is 0 Å². The zero-order valence-electron chi connectivity index (χ0n) is 7.20. The highest BCUT2D eigenvalue weighted by Gasteiger charge is 2.19. The molecular formula is C10H14OS. The van der Waals surface area contributed by atoms with Gasteiger partial charge in [0.2, 0.25) is 0 Å². The highest BCUT2D eigenvalue weighted by Crippen LogP contribution is 2.30. The van der Waals surface area contributed by atoms with Gasteiger partial charge >= 0.3 is 0 Å². The molecule has 0 aliphatic rings. The second-order valence-corrected chi connectivity index (χ2v) is 4.10. The summed E-state index contributed by atoms with van der Waals surface area (Å²) in [6.07, 6.45) is 0.681. The summed E-state index contributed by atoms with van der Waals surface area (Å²) in [4.78, 5) is 0. The number of aliphatic hydroxyl groups excluding tert-OH is 1. The molecule has 1 rings (SSSR count). The minimum absolute atomic E-state index is 0.175. The van der Waals surface area contributed by atoms with Gasteiger partial charge in [-0.1, -0.05) is 30.3 Å². The maximum Gasteiger partial charge on any atom is 0.0447 e. The van der Waals surface area contributed by atoms with Crippen molar-refractivity contribution in [2.24, 2.45) is 0 Å². The highest BCUT2D eigenvalue weighted by atomic mass is 32.1. The summed E-state index contributed by atoms with van der Waals surface area (Å²) in [5, 5.41) is 8.81. The Morgan fingerprint density at radius 1 is 1.33 bits per heavy atom. The van der Waals surface area contributed by atoms with E-state index in [0.717, 1.165) is 5.56 Å². The number of hydrogen-bond donors (Lipinski definition) is 2. The van der Waals surface area contributed by atoms with Crippen molar-refractivity contribution in [3.63, 3.8) is 0 Å². The van der Waals surface area contributed by atoms with Crippen LogP contribution >= 0.6 is 12.6 Å². The lowest BCUT2D eigenvalue weighted by Gasteiger charge is -2.22. The minimum Gasteiger partial charge on any atom is -0.396 e. The lowest BCUT2D eigenvalue weighted by Crippen LogP contribution is -2.15. The second kappa shape index (κ2) is 3.97. The number of aliphatic hydroxyl groups is 1. The first kappa shape index (κ1) is 9.62. The second-order valence-electron chi connectivity index (χ2n) is 3.11. The Labute approximate surface area is 78.8 Å². The van der Waals surface area contributed by atoms with E-state index in [4.69, 9.17) is 5.11 Å². The third-order valence-electron chi connectivity index (χ3n) is 1.99. The fraction of sp³-hybridized carbons (Fsp3) is 0.400. The molecule has 0 aliphatic heterocycles. The van der Waals surface area contributed by atoms with Gasteiger partial charge in [-0.25, -0.2) is 0 Å². The molecule has 0 saturated heterocycles. The Bertz CT molecular complexity index is 231. The lowest BCUT2D eigenvalue weighted by atomic mass is 9.97. The molecule has 0 amide bonds. The average molecular weight is 182 g/mol. The van der Waals surface area contributed by atoms with E-state index in [9.17, 15) is 0 Å². The van der Waals surface area contributed by atoms with Gasteiger partial charge in [-0.3, -0.25) is 0 Å². The van der Waals surface area contributed by atoms with Crippen molar-refractivity contribution in [2.75, 3.05) is 6.61 Å². The van der Waals surface area contributed by atoms with Crippen molar-refractivity contribution in [1.82, 2.24) is 0 Å². The molecule has 0 bridgehead atoms. The van der Waals surface area contributed by atoms with Gasteiger partial charge in [-0.15, -0.1) is 0 Å². The molecular weight excluding hydrogens is 168 g/mol. The first-order valence-corrected chi connectivity index (χ1v) is 4.50. The normalized spacial score (nSPS) is 15.6. The Kier molecular flexibility index (Phi) is 3.18. The van der Waals surface area contributed by atoms with Crippen LogP contribution in [0, 0.1) is 0 Å². The van der Waals surface area contributed by atoms with Crippen molar-refractivity contribution in [3.8, 4) is 0 Å². The van der Waals surface area contributed by atoms with Crippen LogP contribution in [0.3, 0.4) is 0 Å². The van der Waals surface area contributed by atoms with Crippen LogP contribution in [0.4, 0.5) is 0 Å². The molecule has 2 heteroatoms. The summed E-state index contributed by atoms with van der Waals surface area (Å²) in [5.41, 5.74) is 1.15. The zero-order chi connectivity index (χ0) is 9.03. The van der Waals surface area contributed by atoms with Crippen LogP contribution in [0.1, 0.15) is 18.9 Å². The van der Waals surface area contributed by atoms with E-state index in [1.807, 2.05) is 37.3 Å². The summed E-state index contributed by atoms with van der Waals surface area (Å²) >= 11 is 4.50. The molecule has 0 heterocycles. The molecule has 1 aromatic rings. The molecule has 1 N–H and O–H groups in total. The standard InChI is InChI=1S/C10H14OS/c1-10(12,7-8-11)9-5-3-2-4-6-9/h2-6,11-12H,7-8H2,1H3. The minimum atomic E-state index is -0.212. The van der Waals surface area contributed by atoms with Crippen molar-refractivity contribution >= 4 is 12.6 Å². The monoisotopic (exact) mass is 182 g/mol. The summed E-state index contributed by atoms with van der Waals surface area (Å²) in [6.45, 7) is 2.19. The highest BCUT2D eigenvalue weighted by molar-refractivity contribution is 7.81. The van der Waals surface area contributed by atoms with Gasteiger partial charge in [0, 0.05) is 11.4 Å². The number of thiol groups is 1. The van der Waals surface area contributed by atoms with Gasteiger partial charge in [0.05, 0.1) is 0 Å². The fourth-order valence-corrected chi connectivity index (χ4v) is 1.41. The third kappa shape index (κ3) is 2.26. The summed E-state index contributed by atoms with van der Waals surface area (Å²) < 4.78 is -0.212. The Morgan fingerprint density at radius 2 is 1.92 bits per heavy atom. The Balaban J connectivity index is 2.82. The summed E-state index contributed by atoms with van der Waals surface area (Å²) in [6, 6.07) is 10.0. The summed E-state index contributed by atoms with van der Waals surface area (Å²) in [7, 11) is 0. The van der Waals surface area contributed by atoms with E-state index in [0.29, 0.717) is 6.42 Å². The smallest absolute Gasteiger partial charge is 0.0447 e. The number of rotatable bonds is 3. The van der Waals surface area contributed by atoms with E-state index in [1.165, 1.54) is 0 Å². The van der Waals surface area contributed by atoms with Crippen LogP contribution in [0.15, 0.2) is 30.3 Å². The van der Waals surface area contributed by atoms with Gasteiger partial charge in [0.15, 0.2) is 0 Å². The molecule has 0 fully saturated rings. The van der Waals surface area contributed by atoms with Crippen LogP contribution in [-0.4, -0.2) is 11.7 Å². The molecule has 12 heavy (non-hydrogen) atoms. The third-order valence-corrected chi connectivity index (χ3v) is 2.48. The predicted octanol–water partition coefficient (Wildman–Crippen LogP) is 2.21. The van der Waals surface area contributed by atoms with Crippen LogP contribution in [0.25, 0.3) is 0 Å². The van der Waals surface area contributed by atoms with Crippen molar-refractivity contribution in [3.05, 3.63) is 35.9 Å². The van der Waals surface area contributed by atoms with E-state index in [-0.39, 0.29) is 11.4 Å². The maximum absolute atomic E-state index is 8.81. The topological polar surface area (TPSA) is 20.2 Å². The maximum atomic E-state index is 8.81. The van der Waals surface area contributed by atoms with Crippen LogP contribution in [-0.2, 0) is 4.75 Å². The van der Waals surface area contributed by atoms with E-state index in [1.54, 1.807) is 0 Å². The van der Waals surface area contributed by atoms with Crippen molar-refractivity contribution < 1.29 is 5.11 Å².